The van der Waals surface area contributed by atoms with Crippen LogP contribution in [0.1, 0.15) is 5.56 Å². The van der Waals surface area contributed by atoms with Crippen LogP contribution in [0, 0.1) is 0 Å². The van der Waals surface area contributed by atoms with Crippen molar-refractivity contribution in [1.82, 2.24) is 5.43 Å². The second-order valence-electron chi connectivity index (χ2n) is 4.41. The van der Waals surface area contributed by atoms with E-state index in [1.165, 1.54) is 13.3 Å². The lowest BCUT2D eigenvalue weighted by Gasteiger charge is -2.10. The van der Waals surface area contributed by atoms with Crippen LogP contribution in [0.5, 0.6) is 17.2 Å². The van der Waals surface area contributed by atoms with Crippen LogP contribution in [0.15, 0.2) is 53.6 Å². The highest BCUT2D eigenvalue weighted by molar-refractivity contribution is 7.80. The molecular formula is C16H15N3O4S. The summed E-state index contributed by atoms with van der Waals surface area (Å²) in [4.78, 5) is 11.8. The van der Waals surface area contributed by atoms with Crippen molar-refractivity contribution in [3.05, 3.63) is 54.1 Å². The number of methoxy groups -OCH3 is 1. The number of ether oxygens (including phenoxy) is 3. The fraction of sp³-hybridized carbons (Fsp3) is 0.0625. The van der Waals surface area contributed by atoms with Crippen LogP contribution in [-0.2, 0) is 0 Å². The maximum Gasteiger partial charge on any atom is 0.519 e. The van der Waals surface area contributed by atoms with E-state index in [2.05, 4.69) is 22.7 Å². The summed E-state index contributed by atoms with van der Waals surface area (Å²) < 4.78 is 15.4. The molecule has 8 heteroatoms. The van der Waals surface area contributed by atoms with Crippen molar-refractivity contribution in [3.63, 3.8) is 0 Å². The lowest BCUT2D eigenvalue weighted by Crippen LogP contribution is -2.23. The summed E-state index contributed by atoms with van der Waals surface area (Å²) in [6, 6.07) is 13.5. The number of nitrogens with two attached hydrogens (primary N) is 1. The number of benzene rings is 2. The Hall–Kier alpha value is -3.13. The summed E-state index contributed by atoms with van der Waals surface area (Å²) in [6.45, 7) is 0. The van der Waals surface area contributed by atoms with Crippen LogP contribution in [0.25, 0.3) is 0 Å². The Labute approximate surface area is 144 Å². The third kappa shape index (κ3) is 5.25. The average molecular weight is 345 g/mol. The summed E-state index contributed by atoms with van der Waals surface area (Å²) in [5, 5.41) is 3.89. The molecule has 0 aliphatic carbocycles. The van der Waals surface area contributed by atoms with Gasteiger partial charge in [0.05, 0.1) is 13.3 Å². The third-order valence-electron chi connectivity index (χ3n) is 2.71. The normalized spacial score (nSPS) is 10.2. The van der Waals surface area contributed by atoms with E-state index in [0.717, 1.165) is 0 Å². The zero-order valence-corrected chi connectivity index (χ0v) is 13.6. The first kappa shape index (κ1) is 17.2. The number of thiocarbonyl (C=S) groups is 1. The number of para-hydroxylation sites is 1. The minimum absolute atomic E-state index is 0.0572. The second kappa shape index (κ2) is 8.49. The standard InChI is InChI=1S/C16H15N3O4S/c1-21-14-9-11(10-18-19-15(17)24)7-8-13(14)23-16(20)22-12-5-3-2-4-6-12/h2-10H,1H3,(H3,17,19,24). The summed E-state index contributed by atoms with van der Waals surface area (Å²) in [6.07, 6.45) is 0.629. The predicted molar refractivity (Wildman–Crippen MR) is 93.6 cm³/mol. The first-order chi connectivity index (χ1) is 11.6. The van der Waals surface area contributed by atoms with Gasteiger partial charge in [0.1, 0.15) is 5.75 Å². The Morgan fingerprint density at radius 3 is 2.58 bits per heavy atom. The maximum absolute atomic E-state index is 11.8. The van der Waals surface area contributed by atoms with Crippen LogP contribution in [0.2, 0.25) is 0 Å². The third-order valence-corrected chi connectivity index (χ3v) is 2.81. The molecule has 0 heterocycles. The second-order valence-corrected chi connectivity index (χ2v) is 4.85. The zero-order chi connectivity index (χ0) is 17.4. The highest BCUT2D eigenvalue weighted by Crippen LogP contribution is 2.28. The van der Waals surface area contributed by atoms with E-state index in [1.807, 2.05) is 6.07 Å². The van der Waals surface area contributed by atoms with Gasteiger partial charge in [-0.25, -0.2) is 4.79 Å². The number of hydrazone groups is 1. The number of nitrogens with one attached hydrogen (secondary N) is 1. The topological polar surface area (TPSA) is 95.2 Å². The first-order valence-electron chi connectivity index (χ1n) is 6.79. The fourth-order valence-corrected chi connectivity index (χ4v) is 1.77. The van der Waals surface area contributed by atoms with Gasteiger partial charge in [0.2, 0.25) is 0 Å². The van der Waals surface area contributed by atoms with Gasteiger partial charge in [0.25, 0.3) is 0 Å². The molecule has 0 amide bonds. The molecule has 0 atom stereocenters. The molecule has 2 aromatic rings. The molecule has 0 unspecified atom stereocenters. The number of carbonyl (C=O) groups is 1. The molecule has 3 N–H and O–H groups in total. The van der Waals surface area contributed by atoms with E-state index >= 15 is 0 Å². The Morgan fingerprint density at radius 1 is 1.17 bits per heavy atom. The molecule has 2 aromatic carbocycles. The van der Waals surface area contributed by atoms with Crippen molar-refractivity contribution in [2.24, 2.45) is 10.8 Å². The monoisotopic (exact) mass is 345 g/mol. The van der Waals surface area contributed by atoms with Crippen LogP contribution in [0.3, 0.4) is 0 Å². The molecule has 0 saturated carbocycles. The molecule has 0 aromatic heterocycles. The van der Waals surface area contributed by atoms with E-state index in [4.69, 9.17) is 19.9 Å². The minimum Gasteiger partial charge on any atom is -0.493 e. The van der Waals surface area contributed by atoms with Gasteiger partial charge in [-0.2, -0.15) is 5.10 Å². The molecule has 0 fully saturated rings. The van der Waals surface area contributed by atoms with Crippen molar-refractivity contribution in [3.8, 4) is 17.2 Å². The van der Waals surface area contributed by atoms with Gasteiger partial charge in [-0.15, -0.1) is 0 Å². The van der Waals surface area contributed by atoms with Crippen LogP contribution in [0.4, 0.5) is 4.79 Å². The van der Waals surface area contributed by atoms with E-state index in [1.54, 1.807) is 42.5 Å². The smallest absolute Gasteiger partial charge is 0.493 e. The number of rotatable bonds is 5. The number of hydrogen-bond acceptors (Lipinski definition) is 6. The summed E-state index contributed by atoms with van der Waals surface area (Å²) in [5.74, 6) is 0.950. The van der Waals surface area contributed by atoms with Gasteiger partial charge >= 0.3 is 6.16 Å². The van der Waals surface area contributed by atoms with E-state index in [9.17, 15) is 4.79 Å². The van der Waals surface area contributed by atoms with Crippen LogP contribution >= 0.6 is 12.2 Å². The number of carbonyl (C=O) groups excluding carboxylic acids is 1. The Bertz CT molecular complexity index is 750. The van der Waals surface area contributed by atoms with Crippen LogP contribution < -0.4 is 25.4 Å². The molecule has 0 radical (unpaired) electrons. The van der Waals surface area contributed by atoms with Crippen molar-refractivity contribution < 1.29 is 19.0 Å². The zero-order valence-electron chi connectivity index (χ0n) is 12.8. The van der Waals surface area contributed by atoms with Crippen molar-refractivity contribution in [1.29, 1.82) is 0 Å². The molecule has 124 valence electrons. The fourth-order valence-electron chi connectivity index (χ4n) is 1.71. The van der Waals surface area contributed by atoms with Gasteiger partial charge < -0.3 is 19.9 Å². The SMILES string of the molecule is COc1cc(C=NNC(N)=S)ccc1OC(=O)Oc1ccccc1. The molecule has 0 bridgehead atoms. The molecule has 0 saturated heterocycles. The Balaban J connectivity index is 2.05. The van der Waals surface area contributed by atoms with Gasteiger partial charge in [-0.05, 0) is 48.1 Å². The van der Waals surface area contributed by atoms with Gasteiger partial charge in [-0.1, -0.05) is 18.2 Å². The molecule has 0 aliphatic heterocycles. The molecule has 24 heavy (non-hydrogen) atoms. The van der Waals surface area contributed by atoms with E-state index in [-0.39, 0.29) is 10.9 Å². The lowest BCUT2D eigenvalue weighted by atomic mass is 10.2. The molecule has 0 aliphatic rings. The number of nitrogens with zero attached hydrogens (tertiary/aromatic N) is 1. The van der Waals surface area contributed by atoms with Gasteiger partial charge in [0.15, 0.2) is 16.6 Å². The summed E-state index contributed by atoms with van der Waals surface area (Å²) >= 11 is 4.64. The highest BCUT2D eigenvalue weighted by atomic mass is 32.1. The van der Waals surface area contributed by atoms with Gasteiger partial charge in [-0.3, -0.25) is 5.43 Å². The Kier molecular flexibility index (Phi) is 6.09. The highest BCUT2D eigenvalue weighted by Gasteiger charge is 2.12. The van der Waals surface area contributed by atoms with Crippen LogP contribution in [-0.4, -0.2) is 24.6 Å². The molecule has 2 rings (SSSR count). The lowest BCUT2D eigenvalue weighted by molar-refractivity contribution is 0.150. The first-order valence-corrected chi connectivity index (χ1v) is 7.20. The quantitative estimate of drug-likeness (QED) is 0.282. The predicted octanol–water partition coefficient (Wildman–Crippen LogP) is 2.44. The van der Waals surface area contributed by atoms with Gasteiger partial charge in [0, 0.05) is 0 Å². The van der Waals surface area contributed by atoms with E-state index in [0.29, 0.717) is 17.1 Å². The molecular weight excluding hydrogens is 330 g/mol. The minimum atomic E-state index is -0.865. The van der Waals surface area contributed by atoms with Crippen molar-refractivity contribution in [2.75, 3.05) is 7.11 Å². The summed E-state index contributed by atoms with van der Waals surface area (Å²) in [7, 11) is 1.46. The van der Waals surface area contributed by atoms with Crippen molar-refractivity contribution >= 4 is 29.7 Å². The van der Waals surface area contributed by atoms with E-state index < -0.39 is 6.16 Å². The average Bonchev–Trinajstić information content (AvgIpc) is 2.56. The number of hydrogen-bond donors (Lipinski definition) is 2. The molecule has 0 spiro atoms. The molecule has 7 nitrogen and oxygen atoms in total. The Morgan fingerprint density at radius 2 is 1.92 bits per heavy atom. The largest absolute Gasteiger partial charge is 0.519 e. The van der Waals surface area contributed by atoms with Crippen molar-refractivity contribution in [2.45, 2.75) is 0 Å². The maximum atomic E-state index is 11.8. The summed E-state index contributed by atoms with van der Waals surface area (Å²) in [5.41, 5.74) is 8.40.